The van der Waals surface area contributed by atoms with E-state index in [0.29, 0.717) is 5.92 Å². The smallest absolute Gasteiger partial charge is 0.0522 e. The number of methoxy groups -OCH3 is 1. The third-order valence-electron chi connectivity index (χ3n) is 2.29. The van der Waals surface area contributed by atoms with Crippen molar-refractivity contribution < 1.29 is 4.74 Å². The molecule has 4 heteroatoms. The molecule has 0 amide bonds. The molecule has 0 radical (unpaired) electrons. The Balaban J connectivity index is 2.06. The maximum Gasteiger partial charge on any atom is 0.0522 e. The maximum absolute atomic E-state index is 5.07. The summed E-state index contributed by atoms with van der Waals surface area (Å²) in [6.45, 7) is 5.01. The van der Waals surface area contributed by atoms with E-state index in [1.54, 1.807) is 7.11 Å². The zero-order valence-corrected chi connectivity index (χ0v) is 9.86. The van der Waals surface area contributed by atoms with E-state index in [4.69, 9.17) is 4.74 Å². The van der Waals surface area contributed by atoms with Crippen LogP contribution in [0.25, 0.3) is 0 Å². The number of aryl methyl sites for hydroxylation is 1. The first-order chi connectivity index (χ1) is 7.22. The number of aromatic nitrogens is 2. The topological polar surface area (TPSA) is 39.1 Å². The third-order valence-corrected chi connectivity index (χ3v) is 2.29. The van der Waals surface area contributed by atoms with Crippen LogP contribution in [-0.4, -0.2) is 36.6 Å². The van der Waals surface area contributed by atoms with Crippen LogP contribution in [0.5, 0.6) is 0 Å². The number of ether oxygens (including phenoxy) is 1. The zero-order valence-electron chi connectivity index (χ0n) is 9.86. The van der Waals surface area contributed by atoms with Crippen LogP contribution >= 0.6 is 0 Å². The van der Waals surface area contributed by atoms with Gasteiger partial charge in [-0.1, -0.05) is 6.92 Å². The Bertz CT molecular complexity index is 273. The highest BCUT2D eigenvalue weighted by atomic mass is 16.5. The summed E-state index contributed by atoms with van der Waals surface area (Å²) in [6.07, 6.45) is 5.01. The minimum absolute atomic E-state index is 0.573. The summed E-state index contributed by atoms with van der Waals surface area (Å²) < 4.78 is 6.91. The summed E-state index contributed by atoms with van der Waals surface area (Å²) in [4.78, 5) is 0. The molecule has 0 aliphatic heterocycles. The summed E-state index contributed by atoms with van der Waals surface area (Å²) >= 11 is 0. The van der Waals surface area contributed by atoms with Gasteiger partial charge in [-0.05, 0) is 31.0 Å². The van der Waals surface area contributed by atoms with Crippen LogP contribution in [0.1, 0.15) is 12.5 Å². The molecule has 1 aromatic rings. The van der Waals surface area contributed by atoms with Crippen LogP contribution in [0.3, 0.4) is 0 Å². The predicted octanol–water partition coefficient (Wildman–Crippen LogP) is 0.835. The fraction of sp³-hybridized carbons (Fsp3) is 0.727. The molecule has 0 bridgehead atoms. The van der Waals surface area contributed by atoms with E-state index in [-0.39, 0.29) is 0 Å². The number of hydrogen-bond acceptors (Lipinski definition) is 3. The lowest BCUT2D eigenvalue weighted by atomic mass is 10.2. The van der Waals surface area contributed by atoms with Crippen molar-refractivity contribution in [1.82, 2.24) is 15.1 Å². The second-order valence-electron chi connectivity index (χ2n) is 4.04. The van der Waals surface area contributed by atoms with Gasteiger partial charge in [-0.15, -0.1) is 0 Å². The molecule has 1 aromatic heterocycles. The van der Waals surface area contributed by atoms with E-state index in [2.05, 4.69) is 23.5 Å². The van der Waals surface area contributed by atoms with Gasteiger partial charge in [0.2, 0.25) is 0 Å². The van der Waals surface area contributed by atoms with E-state index in [0.717, 1.165) is 26.1 Å². The number of rotatable bonds is 7. The summed E-state index contributed by atoms with van der Waals surface area (Å²) in [6, 6.07) is 0. The Labute approximate surface area is 91.6 Å². The van der Waals surface area contributed by atoms with Gasteiger partial charge >= 0.3 is 0 Å². The van der Waals surface area contributed by atoms with Crippen molar-refractivity contribution in [1.29, 1.82) is 0 Å². The average Bonchev–Trinajstić information content (AvgIpc) is 2.60. The molecule has 1 N–H and O–H groups in total. The molecule has 0 saturated carbocycles. The summed E-state index contributed by atoms with van der Waals surface area (Å²) in [5, 5.41) is 7.54. The molecular weight excluding hydrogens is 190 g/mol. The van der Waals surface area contributed by atoms with Gasteiger partial charge in [0.05, 0.1) is 6.20 Å². The fourth-order valence-corrected chi connectivity index (χ4v) is 1.53. The Hall–Kier alpha value is -0.870. The summed E-state index contributed by atoms with van der Waals surface area (Å²) in [7, 11) is 3.68. The highest BCUT2D eigenvalue weighted by molar-refractivity contribution is 5.03. The van der Waals surface area contributed by atoms with Gasteiger partial charge in [-0.2, -0.15) is 5.10 Å². The molecule has 1 heterocycles. The van der Waals surface area contributed by atoms with Crippen LogP contribution in [-0.2, 0) is 18.2 Å². The van der Waals surface area contributed by atoms with E-state index in [1.165, 1.54) is 5.56 Å². The monoisotopic (exact) mass is 211 g/mol. The lowest BCUT2D eigenvalue weighted by Crippen LogP contribution is -2.25. The molecular formula is C11H21N3O. The second kappa shape index (κ2) is 6.58. The van der Waals surface area contributed by atoms with Gasteiger partial charge in [0, 0.05) is 27.0 Å². The van der Waals surface area contributed by atoms with Crippen molar-refractivity contribution in [3.05, 3.63) is 18.0 Å². The second-order valence-corrected chi connectivity index (χ2v) is 4.04. The van der Waals surface area contributed by atoms with E-state index >= 15 is 0 Å². The molecule has 1 atom stereocenters. The molecule has 15 heavy (non-hydrogen) atoms. The van der Waals surface area contributed by atoms with Gasteiger partial charge < -0.3 is 10.1 Å². The van der Waals surface area contributed by atoms with Gasteiger partial charge in [0.15, 0.2) is 0 Å². The third kappa shape index (κ3) is 4.95. The van der Waals surface area contributed by atoms with Gasteiger partial charge in [0.1, 0.15) is 0 Å². The largest absolute Gasteiger partial charge is 0.384 e. The number of nitrogens with zero attached hydrogens (tertiary/aromatic N) is 2. The Morgan fingerprint density at radius 1 is 1.60 bits per heavy atom. The first-order valence-corrected chi connectivity index (χ1v) is 5.39. The molecule has 0 spiro atoms. The first kappa shape index (κ1) is 12.2. The van der Waals surface area contributed by atoms with Crippen molar-refractivity contribution in [3.8, 4) is 0 Å². The number of hydrogen-bond donors (Lipinski definition) is 1. The molecule has 1 unspecified atom stereocenters. The van der Waals surface area contributed by atoms with E-state index < -0.39 is 0 Å². The molecule has 0 aliphatic carbocycles. The Kier molecular flexibility index (Phi) is 5.36. The van der Waals surface area contributed by atoms with Gasteiger partial charge in [0.25, 0.3) is 0 Å². The maximum atomic E-state index is 5.07. The van der Waals surface area contributed by atoms with Crippen molar-refractivity contribution in [2.45, 2.75) is 13.3 Å². The summed E-state index contributed by atoms with van der Waals surface area (Å²) in [5.74, 6) is 0.573. The van der Waals surface area contributed by atoms with Gasteiger partial charge in [-0.3, -0.25) is 4.68 Å². The van der Waals surface area contributed by atoms with Crippen molar-refractivity contribution in [2.24, 2.45) is 13.0 Å². The average molecular weight is 211 g/mol. The standard InChI is InChI=1S/C11H21N3O/c1-10(9-15-3)6-12-5-4-11-7-13-14(2)8-11/h7-8,10,12H,4-6,9H2,1-3H3. The van der Waals surface area contributed by atoms with Gasteiger partial charge in [-0.25, -0.2) is 0 Å². The molecule has 0 aromatic carbocycles. The molecule has 86 valence electrons. The van der Waals surface area contributed by atoms with Crippen molar-refractivity contribution >= 4 is 0 Å². The van der Waals surface area contributed by atoms with Crippen LogP contribution in [0, 0.1) is 5.92 Å². The number of nitrogens with one attached hydrogen (secondary N) is 1. The minimum atomic E-state index is 0.573. The fourth-order valence-electron chi connectivity index (χ4n) is 1.53. The lowest BCUT2D eigenvalue weighted by molar-refractivity contribution is 0.158. The lowest BCUT2D eigenvalue weighted by Gasteiger charge is -2.10. The van der Waals surface area contributed by atoms with E-state index in [9.17, 15) is 0 Å². The predicted molar refractivity (Wildman–Crippen MR) is 60.8 cm³/mol. The summed E-state index contributed by atoms with van der Waals surface area (Å²) in [5.41, 5.74) is 1.28. The van der Waals surface area contributed by atoms with E-state index in [1.807, 2.05) is 17.9 Å². The SMILES string of the molecule is COCC(C)CNCCc1cnn(C)c1. The zero-order chi connectivity index (χ0) is 11.1. The van der Waals surface area contributed by atoms with Crippen LogP contribution in [0.4, 0.5) is 0 Å². The van der Waals surface area contributed by atoms with Crippen LogP contribution in [0.2, 0.25) is 0 Å². The van der Waals surface area contributed by atoms with Crippen molar-refractivity contribution in [2.75, 3.05) is 26.8 Å². The molecule has 0 aliphatic rings. The van der Waals surface area contributed by atoms with Crippen molar-refractivity contribution in [3.63, 3.8) is 0 Å². The Morgan fingerprint density at radius 3 is 3.00 bits per heavy atom. The molecule has 0 fully saturated rings. The van der Waals surface area contributed by atoms with Crippen LogP contribution in [0.15, 0.2) is 12.4 Å². The highest BCUT2D eigenvalue weighted by Crippen LogP contribution is 1.97. The first-order valence-electron chi connectivity index (χ1n) is 5.39. The molecule has 0 saturated heterocycles. The molecule has 4 nitrogen and oxygen atoms in total. The highest BCUT2D eigenvalue weighted by Gasteiger charge is 2.00. The quantitative estimate of drug-likeness (QED) is 0.679. The normalized spacial score (nSPS) is 13.0. The minimum Gasteiger partial charge on any atom is -0.384 e. The molecule has 1 rings (SSSR count). The van der Waals surface area contributed by atoms with Crippen LogP contribution < -0.4 is 5.32 Å². The Morgan fingerprint density at radius 2 is 2.40 bits per heavy atom.